The van der Waals surface area contributed by atoms with E-state index in [2.05, 4.69) is 6.08 Å². The van der Waals surface area contributed by atoms with Gasteiger partial charge in [-0.3, -0.25) is 0 Å². The van der Waals surface area contributed by atoms with Crippen molar-refractivity contribution in [2.45, 2.75) is 33.3 Å². The van der Waals surface area contributed by atoms with Crippen molar-refractivity contribution in [3.63, 3.8) is 0 Å². The third kappa shape index (κ3) is 1.86. The molecule has 98 valence electrons. The largest absolute Gasteiger partial charge is 0.483 e. The molecule has 0 fully saturated rings. The first-order valence-electron chi connectivity index (χ1n) is 6.34. The molecule has 1 aromatic heterocycles. The van der Waals surface area contributed by atoms with Crippen LogP contribution in [0.2, 0.25) is 0 Å². The van der Waals surface area contributed by atoms with Crippen LogP contribution < -0.4 is 10.4 Å². The minimum atomic E-state index is -0.338. The minimum Gasteiger partial charge on any atom is -0.483 e. The summed E-state index contributed by atoms with van der Waals surface area (Å²) in [7, 11) is 0. The molecule has 0 N–H and O–H groups in total. The third-order valence-corrected chi connectivity index (χ3v) is 3.48. The van der Waals surface area contributed by atoms with Gasteiger partial charge in [-0.25, -0.2) is 4.79 Å². The monoisotopic (exact) mass is 256 g/mol. The second-order valence-electron chi connectivity index (χ2n) is 5.58. The number of rotatable bonds is 0. The fraction of sp³-hybridized carbons (Fsp3) is 0.312. The summed E-state index contributed by atoms with van der Waals surface area (Å²) in [6.07, 6.45) is 4.10. The highest BCUT2D eigenvalue weighted by molar-refractivity contribution is 5.89. The first-order valence-corrected chi connectivity index (χ1v) is 6.34. The molecule has 3 rings (SSSR count). The van der Waals surface area contributed by atoms with Crippen molar-refractivity contribution >= 4 is 17.0 Å². The Hall–Kier alpha value is -2.03. The van der Waals surface area contributed by atoms with Crippen molar-refractivity contribution < 1.29 is 9.15 Å². The zero-order chi connectivity index (χ0) is 13.8. The summed E-state index contributed by atoms with van der Waals surface area (Å²) in [5, 5.41) is 0.962. The summed E-state index contributed by atoms with van der Waals surface area (Å²) >= 11 is 0. The Morgan fingerprint density at radius 2 is 1.89 bits per heavy atom. The van der Waals surface area contributed by atoms with Gasteiger partial charge in [-0.05, 0) is 45.4 Å². The highest BCUT2D eigenvalue weighted by Crippen LogP contribution is 2.38. The molecular formula is C16H16O3. The normalized spacial score (nSPS) is 16.2. The number of fused-ring (bicyclic) bond motifs is 2. The molecule has 0 saturated heterocycles. The van der Waals surface area contributed by atoms with E-state index >= 15 is 0 Å². The van der Waals surface area contributed by atoms with E-state index < -0.39 is 0 Å². The van der Waals surface area contributed by atoms with Gasteiger partial charge >= 0.3 is 5.63 Å². The second-order valence-corrected chi connectivity index (χ2v) is 5.58. The van der Waals surface area contributed by atoms with Gasteiger partial charge in [-0.15, -0.1) is 0 Å². The maximum absolute atomic E-state index is 11.5. The molecule has 0 spiro atoms. The van der Waals surface area contributed by atoms with Crippen molar-refractivity contribution in [1.29, 1.82) is 0 Å². The van der Waals surface area contributed by atoms with Crippen LogP contribution in [0.3, 0.4) is 0 Å². The SMILES string of the molecule is Cc1cc(=O)oc2c(C)c3c(cc12)C=CC(C)(C)O3. The van der Waals surface area contributed by atoms with Crippen LogP contribution in [-0.2, 0) is 0 Å². The summed E-state index contributed by atoms with van der Waals surface area (Å²) in [6, 6.07) is 3.53. The van der Waals surface area contributed by atoms with E-state index in [4.69, 9.17) is 9.15 Å². The molecule has 2 aromatic rings. The van der Waals surface area contributed by atoms with Crippen LogP contribution in [0, 0.1) is 13.8 Å². The zero-order valence-electron chi connectivity index (χ0n) is 11.5. The van der Waals surface area contributed by atoms with Crippen molar-refractivity contribution in [3.05, 3.63) is 45.3 Å². The van der Waals surface area contributed by atoms with E-state index in [9.17, 15) is 4.79 Å². The molecule has 3 nitrogen and oxygen atoms in total. The van der Waals surface area contributed by atoms with E-state index in [0.717, 1.165) is 27.8 Å². The van der Waals surface area contributed by atoms with Crippen LogP contribution in [-0.4, -0.2) is 5.60 Å². The fourth-order valence-corrected chi connectivity index (χ4v) is 2.46. The van der Waals surface area contributed by atoms with Gasteiger partial charge in [0, 0.05) is 22.6 Å². The molecule has 0 unspecified atom stereocenters. The predicted molar refractivity (Wildman–Crippen MR) is 75.7 cm³/mol. The number of aryl methyl sites for hydroxylation is 2. The maximum Gasteiger partial charge on any atom is 0.336 e. The molecule has 0 aliphatic carbocycles. The van der Waals surface area contributed by atoms with Crippen molar-refractivity contribution in [3.8, 4) is 5.75 Å². The second kappa shape index (κ2) is 3.73. The molecule has 1 aliphatic rings. The molecule has 1 aliphatic heterocycles. The fourth-order valence-electron chi connectivity index (χ4n) is 2.46. The van der Waals surface area contributed by atoms with Crippen LogP contribution in [0.25, 0.3) is 17.0 Å². The van der Waals surface area contributed by atoms with Gasteiger partial charge in [-0.2, -0.15) is 0 Å². The number of ether oxygens (including phenoxy) is 1. The van der Waals surface area contributed by atoms with Gasteiger partial charge in [0.15, 0.2) is 0 Å². The van der Waals surface area contributed by atoms with E-state index in [1.807, 2.05) is 39.8 Å². The van der Waals surface area contributed by atoms with Gasteiger partial charge < -0.3 is 9.15 Å². The Labute approximate surface area is 111 Å². The minimum absolute atomic E-state index is 0.321. The Kier molecular flexibility index (Phi) is 2.36. The van der Waals surface area contributed by atoms with Gasteiger partial charge in [0.1, 0.15) is 16.9 Å². The lowest BCUT2D eigenvalue weighted by Crippen LogP contribution is -2.28. The molecular weight excluding hydrogens is 240 g/mol. The standard InChI is InChI=1S/C16H16O3/c1-9-7-13(17)18-15-10(2)14-11(8-12(9)15)5-6-16(3,4)19-14/h5-8H,1-4H3. The number of hydrogen-bond acceptors (Lipinski definition) is 3. The van der Waals surface area contributed by atoms with Crippen molar-refractivity contribution in [2.75, 3.05) is 0 Å². The van der Waals surface area contributed by atoms with Crippen LogP contribution >= 0.6 is 0 Å². The third-order valence-electron chi connectivity index (χ3n) is 3.48. The lowest BCUT2D eigenvalue weighted by molar-refractivity contribution is 0.158. The lowest BCUT2D eigenvalue weighted by Gasteiger charge is -2.29. The van der Waals surface area contributed by atoms with Crippen LogP contribution in [0.15, 0.2) is 27.4 Å². The van der Waals surface area contributed by atoms with Gasteiger partial charge in [0.25, 0.3) is 0 Å². The summed E-state index contributed by atoms with van der Waals surface area (Å²) in [5.41, 5.74) is 2.80. The van der Waals surface area contributed by atoms with E-state index in [0.29, 0.717) is 5.58 Å². The van der Waals surface area contributed by atoms with Gasteiger partial charge in [0.2, 0.25) is 0 Å². The number of benzene rings is 1. The molecule has 0 atom stereocenters. The highest BCUT2D eigenvalue weighted by Gasteiger charge is 2.25. The molecule has 0 bridgehead atoms. The predicted octanol–water partition coefficient (Wildman–Crippen LogP) is 3.59. The molecule has 1 aromatic carbocycles. The first-order chi connectivity index (χ1) is 8.87. The molecule has 19 heavy (non-hydrogen) atoms. The van der Waals surface area contributed by atoms with E-state index in [1.54, 1.807) is 0 Å². The molecule has 2 heterocycles. The Bertz CT molecular complexity index is 764. The quantitative estimate of drug-likeness (QED) is 0.676. The zero-order valence-corrected chi connectivity index (χ0v) is 11.5. The summed E-state index contributed by atoms with van der Waals surface area (Å²) < 4.78 is 11.3. The summed E-state index contributed by atoms with van der Waals surface area (Å²) in [4.78, 5) is 11.5. The molecule has 0 radical (unpaired) electrons. The first kappa shape index (κ1) is 12.0. The van der Waals surface area contributed by atoms with Crippen molar-refractivity contribution in [2.24, 2.45) is 0 Å². The average molecular weight is 256 g/mol. The van der Waals surface area contributed by atoms with Crippen LogP contribution in [0.4, 0.5) is 0 Å². The Morgan fingerprint density at radius 3 is 2.63 bits per heavy atom. The molecule has 3 heteroatoms. The lowest BCUT2D eigenvalue weighted by atomic mass is 9.97. The molecule has 0 saturated carbocycles. The summed E-state index contributed by atoms with van der Waals surface area (Å²) in [5.74, 6) is 0.800. The van der Waals surface area contributed by atoms with Gasteiger partial charge in [-0.1, -0.05) is 6.08 Å². The number of hydrogen-bond donors (Lipinski definition) is 0. The van der Waals surface area contributed by atoms with Gasteiger partial charge in [0.05, 0.1) is 0 Å². The highest BCUT2D eigenvalue weighted by atomic mass is 16.5. The molecule has 0 amide bonds. The van der Waals surface area contributed by atoms with E-state index in [1.165, 1.54) is 6.07 Å². The Morgan fingerprint density at radius 1 is 1.16 bits per heavy atom. The Balaban J connectivity index is 2.40. The van der Waals surface area contributed by atoms with Crippen molar-refractivity contribution in [1.82, 2.24) is 0 Å². The summed E-state index contributed by atoms with van der Waals surface area (Å²) in [6.45, 7) is 7.85. The average Bonchev–Trinajstić information content (AvgIpc) is 2.31. The van der Waals surface area contributed by atoms with Crippen LogP contribution in [0.5, 0.6) is 5.75 Å². The topological polar surface area (TPSA) is 39.4 Å². The van der Waals surface area contributed by atoms with Crippen LogP contribution in [0.1, 0.15) is 30.5 Å². The maximum atomic E-state index is 11.5. The smallest absolute Gasteiger partial charge is 0.336 e. The van der Waals surface area contributed by atoms with E-state index in [-0.39, 0.29) is 11.2 Å².